The molecule has 2 aromatic heterocycles. The van der Waals surface area contributed by atoms with Crippen molar-refractivity contribution in [3.8, 4) is 22.5 Å². The van der Waals surface area contributed by atoms with Gasteiger partial charge < -0.3 is 7.16 Å². The van der Waals surface area contributed by atoms with Crippen molar-refractivity contribution in [1.82, 2.24) is 19.8 Å². The first kappa shape index (κ1) is 32.2. The van der Waals surface area contributed by atoms with E-state index in [0.29, 0.717) is 6.54 Å². The van der Waals surface area contributed by atoms with Crippen molar-refractivity contribution < 1.29 is 20.3 Å². The van der Waals surface area contributed by atoms with Gasteiger partial charge in [0.15, 0.2) is 22.4 Å². The first-order valence-corrected chi connectivity index (χ1v) is 12.6. The summed E-state index contributed by atoms with van der Waals surface area (Å²) in [6.07, 6.45) is -0.280. The summed E-state index contributed by atoms with van der Waals surface area (Å²) >= 11 is 3.21. The SMILES string of the molecule is CN(C)C(CN)c1nc(-c2ccccc2)cs1.[AlH3].[C-]#[N+]C(c1nc(-c2ccccc2)cs1)N(C)C.[H-].[Li+]. The van der Waals surface area contributed by atoms with E-state index >= 15 is 0 Å². The van der Waals surface area contributed by atoms with E-state index in [1.165, 1.54) is 11.3 Å². The van der Waals surface area contributed by atoms with Gasteiger partial charge in [0.1, 0.15) is 5.01 Å². The molecular weight excluding hydrogens is 494 g/mol. The van der Waals surface area contributed by atoms with E-state index in [0.717, 1.165) is 32.5 Å². The van der Waals surface area contributed by atoms with E-state index in [4.69, 9.17) is 12.3 Å². The number of aromatic nitrogens is 2. The van der Waals surface area contributed by atoms with Crippen molar-refractivity contribution >= 4 is 40.0 Å². The van der Waals surface area contributed by atoms with Gasteiger partial charge in [-0.15, -0.1) is 22.7 Å². The number of nitrogens with two attached hydrogens (primary N) is 1. The number of likely N-dealkylation sites (N-methyl/N-ethyl adjacent to an activating group) is 1. The Labute approximate surface area is 246 Å². The molecule has 0 bridgehead atoms. The Kier molecular flexibility index (Phi) is 14.4. The summed E-state index contributed by atoms with van der Waals surface area (Å²) in [6, 6.07) is 20.5. The number of thiazole rings is 2. The van der Waals surface area contributed by atoms with Gasteiger partial charge in [-0.3, -0.25) is 9.74 Å². The molecule has 2 heterocycles. The first-order valence-electron chi connectivity index (χ1n) is 10.9. The summed E-state index contributed by atoms with van der Waals surface area (Å²) in [6.45, 7) is 7.78. The van der Waals surface area contributed by atoms with Crippen molar-refractivity contribution in [2.24, 2.45) is 5.73 Å². The second-order valence-electron chi connectivity index (χ2n) is 8.06. The molecule has 0 amide bonds. The van der Waals surface area contributed by atoms with Crippen LogP contribution in [0.3, 0.4) is 0 Å². The smallest absolute Gasteiger partial charge is 1.00 e. The summed E-state index contributed by atoms with van der Waals surface area (Å²) in [5, 5.41) is 6.03. The van der Waals surface area contributed by atoms with Crippen LogP contribution in [0.15, 0.2) is 71.4 Å². The second-order valence-corrected chi connectivity index (χ2v) is 9.83. The molecule has 4 aromatic rings. The third-order valence-electron chi connectivity index (χ3n) is 5.15. The molecule has 6 nitrogen and oxygen atoms in total. The number of hydrogen-bond acceptors (Lipinski definition) is 7. The van der Waals surface area contributed by atoms with Crippen LogP contribution in [0, 0.1) is 6.57 Å². The fourth-order valence-electron chi connectivity index (χ4n) is 3.25. The summed E-state index contributed by atoms with van der Waals surface area (Å²) < 4.78 is 0. The van der Waals surface area contributed by atoms with Crippen LogP contribution >= 0.6 is 22.7 Å². The maximum Gasteiger partial charge on any atom is 1.00 e. The summed E-state index contributed by atoms with van der Waals surface area (Å²) in [5.74, 6) is 0. The van der Waals surface area contributed by atoms with Crippen LogP contribution in [-0.4, -0.2) is 71.9 Å². The molecule has 0 saturated carbocycles. The minimum Gasteiger partial charge on any atom is -1.00 e. The molecule has 2 aromatic carbocycles. The van der Waals surface area contributed by atoms with Gasteiger partial charge in [-0.1, -0.05) is 60.7 Å². The zero-order valence-corrected chi connectivity index (χ0v) is 22.6. The van der Waals surface area contributed by atoms with E-state index in [1.54, 1.807) is 11.3 Å². The minimum absolute atomic E-state index is 0. The first-order chi connectivity index (χ1) is 16.4. The third kappa shape index (κ3) is 8.65. The molecule has 0 aliphatic carbocycles. The number of benzene rings is 2. The monoisotopic (exact) mass is 528 g/mol. The Morgan fingerprint density at radius 2 is 1.28 bits per heavy atom. The van der Waals surface area contributed by atoms with E-state index < -0.39 is 0 Å². The Bertz CT molecular complexity index is 1200. The zero-order valence-electron chi connectivity index (χ0n) is 21.9. The van der Waals surface area contributed by atoms with Crippen molar-refractivity contribution in [2.75, 3.05) is 34.7 Å². The molecule has 0 spiro atoms. The van der Waals surface area contributed by atoms with Crippen molar-refractivity contribution in [3.63, 3.8) is 0 Å². The minimum atomic E-state index is -0.280. The molecule has 0 aliphatic heterocycles. The maximum atomic E-state index is 7.19. The molecule has 10 heteroatoms. The average Bonchev–Trinajstić information content (AvgIpc) is 3.52. The van der Waals surface area contributed by atoms with Crippen LogP contribution in [0.25, 0.3) is 27.4 Å². The molecule has 0 fully saturated rings. The molecule has 184 valence electrons. The Balaban J connectivity index is 0.000000648. The van der Waals surface area contributed by atoms with E-state index in [9.17, 15) is 0 Å². The van der Waals surface area contributed by atoms with Gasteiger partial charge in [-0.05, 0) is 28.2 Å². The van der Waals surface area contributed by atoms with E-state index in [2.05, 4.69) is 37.2 Å². The molecular formula is C26H34AlLiN6S2. The van der Waals surface area contributed by atoms with Crippen LogP contribution in [-0.2, 0) is 0 Å². The molecule has 0 radical (unpaired) electrons. The van der Waals surface area contributed by atoms with Crippen molar-refractivity contribution in [1.29, 1.82) is 0 Å². The fourth-order valence-corrected chi connectivity index (χ4v) is 5.25. The Hall–Kier alpha value is -1.80. The maximum absolute atomic E-state index is 7.19. The van der Waals surface area contributed by atoms with Gasteiger partial charge in [0.2, 0.25) is 0 Å². The fraction of sp³-hybridized carbons (Fsp3) is 0.269. The van der Waals surface area contributed by atoms with Gasteiger partial charge >= 0.3 is 25.0 Å². The quantitative estimate of drug-likeness (QED) is 0.292. The van der Waals surface area contributed by atoms with Crippen LogP contribution in [0.1, 0.15) is 23.6 Å². The number of nitrogens with zero attached hydrogens (tertiary/aromatic N) is 5. The third-order valence-corrected chi connectivity index (χ3v) is 6.98. The largest absolute Gasteiger partial charge is 1.00 e. The standard InChI is InChI=1S/C13H13N3S.C13H17N3S.Al.Li.4H/c1-14-12(16(2)3)13-15-11(9-17-13)10-7-5-4-6-8-10;1-16(2)12(8-14)13-15-11(9-17-13)10-6-4-3-5-7-10;;;;;;/h4-9,12H,2-3H3;3-7,9,12H,8,14H2,1-2H3;;;;;;/q;;;+1;;;;-1. The van der Waals surface area contributed by atoms with Crippen molar-refractivity contribution in [2.45, 2.75) is 12.2 Å². The van der Waals surface area contributed by atoms with Crippen LogP contribution in [0.5, 0.6) is 0 Å². The van der Waals surface area contributed by atoms with E-state index in [1.807, 2.05) is 87.0 Å². The zero-order chi connectivity index (χ0) is 24.5. The van der Waals surface area contributed by atoms with Crippen LogP contribution in [0.2, 0.25) is 0 Å². The summed E-state index contributed by atoms with van der Waals surface area (Å²) in [4.78, 5) is 16.8. The van der Waals surface area contributed by atoms with Gasteiger partial charge in [-0.25, -0.2) is 21.4 Å². The van der Waals surface area contributed by atoms with Gasteiger partial charge in [0, 0.05) is 28.4 Å². The average molecular weight is 529 g/mol. The predicted molar refractivity (Wildman–Crippen MR) is 155 cm³/mol. The molecule has 4 rings (SSSR count). The molecule has 0 aliphatic rings. The number of hydrogen-bond donors (Lipinski definition) is 1. The second kappa shape index (κ2) is 16.1. The molecule has 2 unspecified atom stereocenters. The number of rotatable bonds is 7. The van der Waals surface area contributed by atoms with Crippen molar-refractivity contribution in [3.05, 3.63) is 92.9 Å². The van der Waals surface area contributed by atoms with E-state index in [-0.39, 0.29) is 49.9 Å². The Morgan fingerprint density at radius 3 is 1.67 bits per heavy atom. The summed E-state index contributed by atoms with van der Waals surface area (Å²) in [7, 11) is 7.85. The Morgan fingerprint density at radius 1 is 0.833 bits per heavy atom. The van der Waals surface area contributed by atoms with Gasteiger partial charge in [0.25, 0.3) is 0 Å². The predicted octanol–water partition coefficient (Wildman–Crippen LogP) is 1.59. The molecule has 0 saturated heterocycles. The van der Waals surface area contributed by atoms with Gasteiger partial charge in [0.05, 0.1) is 17.4 Å². The normalized spacial score (nSPS) is 11.9. The topological polar surface area (TPSA) is 62.6 Å². The van der Waals surface area contributed by atoms with Crippen LogP contribution in [0.4, 0.5) is 0 Å². The summed E-state index contributed by atoms with van der Waals surface area (Å²) in [5.41, 5.74) is 10.0. The van der Waals surface area contributed by atoms with Crippen LogP contribution < -0.4 is 24.6 Å². The molecule has 36 heavy (non-hydrogen) atoms. The van der Waals surface area contributed by atoms with Gasteiger partial charge in [-0.2, -0.15) is 0 Å². The molecule has 2 N–H and O–H groups in total. The molecule has 2 atom stereocenters.